The van der Waals surface area contributed by atoms with E-state index in [2.05, 4.69) is 51.9 Å². The molecular formula is C33H49BrN2O3. The molecule has 0 saturated heterocycles. The first-order chi connectivity index (χ1) is 18.3. The van der Waals surface area contributed by atoms with Gasteiger partial charge in [0.15, 0.2) is 5.76 Å². The number of aromatic hydroxyl groups is 1. The fourth-order valence-electron chi connectivity index (χ4n) is 5.13. The van der Waals surface area contributed by atoms with Crippen LogP contribution in [0.2, 0.25) is 0 Å². The van der Waals surface area contributed by atoms with Crippen LogP contribution in [0, 0.1) is 0 Å². The Morgan fingerprint density at radius 3 is 2.05 bits per heavy atom. The molecule has 3 rings (SSSR count). The number of hydrogen-bond donors (Lipinski definition) is 1. The molecule has 216 valence electrons. The molecule has 1 heterocycles. The van der Waals surface area contributed by atoms with Crippen LogP contribution >= 0.6 is 0 Å². The van der Waals surface area contributed by atoms with Crippen LogP contribution in [-0.4, -0.2) is 43.3 Å². The zero-order chi connectivity index (χ0) is 27.5. The van der Waals surface area contributed by atoms with Crippen molar-refractivity contribution < 1.29 is 31.0 Å². The Labute approximate surface area is 246 Å². The number of hydrogen-bond acceptors (Lipinski definition) is 4. The molecule has 1 aromatic heterocycles. The highest BCUT2D eigenvalue weighted by Gasteiger charge is 2.19. The minimum atomic E-state index is -0.371. The summed E-state index contributed by atoms with van der Waals surface area (Å²) in [4.78, 5) is 15.6. The molecule has 0 amide bonds. The summed E-state index contributed by atoms with van der Waals surface area (Å²) >= 11 is 0. The van der Waals surface area contributed by atoms with Crippen LogP contribution in [0.1, 0.15) is 84.1 Å². The molecule has 6 heteroatoms. The zero-order valence-electron chi connectivity index (χ0n) is 24.8. The van der Waals surface area contributed by atoms with Crippen LogP contribution in [0.3, 0.4) is 0 Å². The van der Waals surface area contributed by atoms with E-state index in [9.17, 15) is 9.90 Å². The highest BCUT2D eigenvalue weighted by atomic mass is 79.9. The molecule has 0 atom stereocenters. The van der Waals surface area contributed by atoms with Gasteiger partial charge in [-0.15, -0.1) is 0 Å². The van der Waals surface area contributed by atoms with E-state index in [1.165, 1.54) is 32.1 Å². The Morgan fingerprint density at radius 1 is 0.821 bits per heavy atom. The molecule has 5 nitrogen and oxygen atoms in total. The average Bonchev–Trinajstić information content (AvgIpc) is 2.91. The Hall–Kier alpha value is -2.31. The Morgan fingerprint density at radius 2 is 1.44 bits per heavy atom. The van der Waals surface area contributed by atoms with Gasteiger partial charge in [0.2, 0.25) is 11.2 Å². The summed E-state index contributed by atoms with van der Waals surface area (Å²) in [6.45, 7) is 10.7. The number of halogens is 1. The fraction of sp³-hybridized carbons (Fsp3) is 0.545. The van der Waals surface area contributed by atoms with Crippen molar-refractivity contribution in [1.82, 2.24) is 0 Å². The summed E-state index contributed by atoms with van der Waals surface area (Å²) in [6, 6.07) is 13.8. The summed E-state index contributed by atoms with van der Waals surface area (Å²) in [5.74, 6) is -0.0837. The van der Waals surface area contributed by atoms with Gasteiger partial charge >= 0.3 is 0 Å². The molecule has 0 aliphatic heterocycles. The minimum absolute atomic E-state index is 0. The first kappa shape index (κ1) is 32.9. The van der Waals surface area contributed by atoms with Gasteiger partial charge in [0.1, 0.15) is 12.1 Å². The van der Waals surface area contributed by atoms with Crippen LogP contribution < -0.4 is 27.3 Å². The maximum Gasteiger partial charge on any atom is 0.235 e. The van der Waals surface area contributed by atoms with Gasteiger partial charge < -0.3 is 35.9 Å². The van der Waals surface area contributed by atoms with Crippen LogP contribution in [0.4, 0.5) is 5.69 Å². The molecule has 3 aromatic rings. The lowest BCUT2D eigenvalue weighted by Crippen LogP contribution is -3.00. The monoisotopic (exact) mass is 600 g/mol. The quantitative estimate of drug-likeness (QED) is 0.183. The average molecular weight is 602 g/mol. The fourth-order valence-corrected chi connectivity index (χ4v) is 5.13. The third-order valence-corrected chi connectivity index (χ3v) is 7.47. The Bertz CT molecular complexity index is 1200. The first-order valence-corrected chi connectivity index (χ1v) is 14.8. The number of fused-ring (bicyclic) bond motifs is 1. The van der Waals surface area contributed by atoms with Crippen LogP contribution in [0.5, 0.6) is 5.75 Å². The second-order valence-electron chi connectivity index (χ2n) is 11.4. The number of unbranched alkanes of at least 4 members (excludes halogenated alkanes) is 6. The van der Waals surface area contributed by atoms with Crippen molar-refractivity contribution in [3.63, 3.8) is 0 Å². The van der Waals surface area contributed by atoms with Crippen LogP contribution in [0.25, 0.3) is 22.3 Å². The van der Waals surface area contributed by atoms with Crippen LogP contribution in [0.15, 0.2) is 51.7 Å². The standard InChI is InChI=1S/C33H48N2O3.BrH/c1-6-9-12-13-14-23-35(4,5)25-26-15-20-30-29(24-26)31(36)32(37)33(38-30)27-16-18-28(19-17-27)34(21-10-7-2)22-11-8-3;/h15-20,24H,6-14,21-23,25H2,1-5H3;1H. The van der Waals surface area contributed by atoms with Crippen LogP contribution in [-0.2, 0) is 6.54 Å². The van der Waals surface area contributed by atoms with E-state index in [1.807, 2.05) is 30.3 Å². The highest BCUT2D eigenvalue weighted by molar-refractivity contribution is 5.82. The van der Waals surface area contributed by atoms with E-state index in [0.717, 1.165) is 67.6 Å². The number of benzene rings is 2. The summed E-state index contributed by atoms with van der Waals surface area (Å²) in [6.07, 6.45) is 11.0. The van der Waals surface area contributed by atoms with E-state index < -0.39 is 0 Å². The summed E-state index contributed by atoms with van der Waals surface area (Å²) in [5.41, 5.74) is 3.09. The second-order valence-corrected chi connectivity index (χ2v) is 11.4. The molecule has 0 bridgehead atoms. The van der Waals surface area contributed by atoms with E-state index in [4.69, 9.17) is 4.42 Å². The van der Waals surface area contributed by atoms with Crippen molar-refractivity contribution in [2.75, 3.05) is 38.6 Å². The molecule has 0 fully saturated rings. The maximum atomic E-state index is 13.2. The number of anilines is 1. The van der Waals surface area contributed by atoms with Crippen molar-refractivity contribution >= 4 is 16.7 Å². The lowest BCUT2D eigenvalue weighted by molar-refractivity contribution is -0.903. The number of quaternary nitrogens is 1. The number of nitrogens with zero attached hydrogens (tertiary/aromatic N) is 2. The van der Waals surface area contributed by atoms with Crippen molar-refractivity contribution in [2.45, 2.75) is 85.1 Å². The molecule has 0 saturated carbocycles. The van der Waals surface area contributed by atoms with Gasteiger partial charge in [0, 0.05) is 29.9 Å². The molecule has 0 spiro atoms. The molecular weight excluding hydrogens is 552 g/mol. The van der Waals surface area contributed by atoms with Crippen molar-refractivity contribution in [3.05, 3.63) is 58.3 Å². The molecule has 39 heavy (non-hydrogen) atoms. The predicted octanol–water partition coefficient (Wildman–Crippen LogP) is 5.12. The van der Waals surface area contributed by atoms with Gasteiger partial charge in [0.25, 0.3) is 0 Å². The van der Waals surface area contributed by atoms with Crippen molar-refractivity contribution in [3.8, 4) is 17.1 Å². The lowest BCUT2D eigenvalue weighted by atomic mass is 10.1. The van der Waals surface area contributed by atoms with Crippen molar-refractivity contribution in [2.24, 2.45) is 0 Å². The van der Waals surface area contributed by atoms with E-state index in [1.54, 1.807) is 0 Å². The van der Waals surface area contributed by atoms with E-state index in [-0.39, 0.29) is 33.9 Å². The smallest absolute Gasteiger partial charge is 0.235 e. The second kappa shape index (κ2) is 16.1. The molecule has 0 radical (unpaired) electrons. The topological polar surface area (TPSA) is 53.7 Å². The lowest BCUT2D eigenvalue weighted by Gasteiger charge is -2.30. The third-order valence-electron chi connectivity index (χ3n) is 7.47. The minimum Gasteiger partial charge on any atom is -1.00 e. The Kier molecular flexibility index (Phi) is 13.6. The first-order valence-electron chi connectivity index (χ1n) is 14.8. The third kappa shape index (κ3) is 9.39. The molecule has 0 aliphatic carbocycles. The van der Waals surface area contributed by atoms with Crippen molar-refractivity contribution in [1.29, 1.82) is 0 Å². The van der Waals surface area contributed by atoms with Gasteiger partial charge in [-0.1, -0.05) is 52.9 Å². The molecule has 0 unspecified atom stereocenters. The SMILES string of the molecule is CCCCCCC[N+](C)(C)Cc1ccc2oc(-c3ccc(N(CCCC)CCCC)cc3)c(O)c(=O)c2c1.[Br-]. The van der Waals surface area contributed by atoms with Gasteiger partial charge in [-0.2, -0.15) is 0 Å². The predicted molar refractivity (Wildman–Crippen MR) is 161 cm³/mol. The zero-order valence-corrected chi connectivity index (χ0v) is 26.4. The highest BCUT2D eigenvalue weighted by Crippen LogP contribution is 2.32. The summed E-state index contributed by atoms with van der Waals surface area (Å²) in [7, 11) is 4.48. The maximum absolute atomic E-state index is 13.2. The van der Waals surface area contributed by atoms with Gasteiger partial charge in [-0.3, -0.25) is 4.79 Å². The van der Waals surface area contributed by atoms with Gasteiger partial charge in [-0.25, -0.2) is 0 Å². The van der Waals surface area contributed by atoms with E-state index in [0.29, 0.717) is 16.5 Å². The number of rotatable bonds is 16. The summed E-state index contributed by atoms with van der Waals surface area (Å²) < 4.78 is 6.98. The molecule has 1 N–H and O–H groups in total. The van der Waals surface area contributed by atoms with E-state index >= 15 is 0 Å². The van der Waals surface area contributed by atoms with Gasteiger partial charge in [0.05, 0.1) is 26.0 Å². The van der Waals surface area contributed by atoms with Gasteiger partial charge in [-0.05, 0) is 68.1 Å². The molecule has 2 aromatic carbocycles. The molecule has 0 aliphatic rings. The summed E-state index contributed by atoms with van der Waals surface area (Å²) in [5, 5.41) is 11.3. The largest absolute Gasteiger partial charge is 1.00 e. The Balaban J connectivity index is 0.00000533. The normalized spacial score (nSPS) is 11.5.